The summed E-state index contributed by atoms with van der Waals surface area (Å²) < 4.78 is 4.25. The van der Waals surface area contributed by atoms with E-state index in [1.807, 2.05) is 32.0 Å². The van der Waals surface area contributed by atoms with Crippen molar-refractivity contribution >= 4 is 12.4 Å². The summed E-state index contributed by atoms with van der Waals surface area (Å²) in [5.74, 6) is 5.97. The lowest BCUT2D eigenvalue weighted by atomic mass is 9.97. The van der Waals surface area contributed by atoms with Gasteiger partial charge in [0.05, 0.1) is 17.3 Å². The molecule has 0 spiro atoms. The number of hydrazine groups is 1. The first-order valence-electron chi connectivity index (χ1n) is 9.86. The molecule has 0 aliphatic carbocycles. The SMILES string of the molecule is C=N.CC.CC(C)(C)CN(N)/C=C(\N)c1ccc(CNCCN)cc1C#N.COC.O. The maximum atomic E-state index is 9.37. The van der Waals surface area contributed by atoms with E-state index in [0.29, 0.717) is 36.5 Å². The van der Waals surface area contributed by atoms with E-state index in [4.69, 9.17) is 22.7 Å². The summed E-state index contributed by atoms with van der Waals surface area (Å²) in [6.07, 6.45) is 1.67. The smallest absolute Gasteiger partial charge is 0.0998 e. The van der Waals surface area contributed by atoms with Crippen molar-refractivity contribution < 1.29 is 10.2 Å². The maximum absolute atomic E-state index is 9.37. The van der Waals surface area contributed by atoms with Crippen LogP contribution in [0.5, 0.6) is 0 Å². The summed E-state index contributed by atoms with van der Waals surface area (Å²) in [6.45, 7) is 15.4. The normalized spacial score (nSPS) is 9.87. The average Bonchev–Trinajstić information content (AvgIpc) is 2.70. The van der Waals surface area contributed by atoms with E-state index in [1.165, 1.54) is 0 Å². The Morgan fingerprint density at radius 2 is 1.81 bits per heavy atom. The third-order valence-electron chi connectivity index (χ3n) is 3.13. The number of ether oxygens (including phenoxy) is 1. The van der Waals surface area contributed by atoms with Crippen molar-refractivity contribution in [3.8, 4) is 6.07 Å². The number of nitrogens with two attached hydrogens (primary N) is 3. The fraction of sp³-hybridized carbons (Fsp3) is 0.545. The molecular weight excluding hydrogens is 394 g/mol. The zero-order chi connectivity index (χ0) is 24.2. The minimum Gasteiger partial charge on any atom is -0.412 e. The summed E-state index contributed by atoms with van der Waals surface area (Å²) in [5, 5.41) is 19.6. The molecule has 0 fully saturated rings. The third-order valence-corrected chi connectivity index (χ3v) is 3.13. The summed E-state index contributed by atoms with van der Waals surface area (Å²) in [7, 11) is 3.25. The van der Waals surface area contributed by atoms with Crippen LogP contribution in [-0.4, -0.2) is 51.1 Å². The number of hydrogen-bond acceptors (Lipinski definition) is 8. The molecule has 0 aromatic heterocycles. The standard InChI is InChI=1S/C17H28N6.C2H6O.C2H6.CH3N.H2O/c1-17(2,3)12-23(21)11-16(20)15-5-4-13(8-14(15)9-19)10-22-7-6-18;1-3-2;2*1-2;/h4-5,8,11,22H,6-7,10,12,18,20-21H2,1-3H3;1-2H3;1-2H3;2H,1H2;1H2/b16-11-;;;;. The number of rotatable bonds is 7. The molecule has 9 nitrogen and oxygen atoms in total. The largest absolute Gasteiger partial charge is 0.412 e. The van der Waals surface area contributed by atoms with E-state index >= 15 is 0 Å². The quantitative estimate of drug-likeness (QED) is 0.186. The van der Waals surface area contributed by atoms with Gasteiger partial charge < -0.3 is 37.4 Å². The molecule has 31 heavy (non-hydrogen) atoms. The molecule has 0 radical (unpaired) electrons. The van der Waals surface area contributed by atoms with Crippen molar-refractivity contribution in [1.29, 1.82) is 10.7 Å². The lowest BCUT2D eigenvalue weighted by molar-refractivity contribution is 0.257. The highest BCUT2D eigenvalue weighted by Crippen LogP contribution is 2.19. The minimum absolute atomic E-state index is 0. The molecule has 180 valence electrons. The number of nitriles is 1. The van der Waals surface area contributed by atoms with Gasteiger partial charge >= 0.3 is 0 Å². The molecular formula is C22H45N7O2. The van der Waals surface area contributed by atoms with Crippen LogP contribution in [0.2, 0.25) is 0 Å². The third kappa shape index (κ3) is 19.2. The van der Waals surface area contributed by atoms with Crippen LogP contribution in [0.4, 0.5) is 0 Å². The molecule has 0 saturated heterocycles. The molecule has 1 aromatic carbocycles. The second-order valence-corrected chi connectivity index (χ2v) is 7.18. The molecule has 9 heteroatoms. The van der Waals surface area contributed by atoms with Gasteiger partial charge in [-0.1, -0.05) is 46.8 Å². The van der Waals surface area contributed by atoms with E-state index in [9.17, 15) is 5.26 Å². The van der Waals surface area contributed by atoms with E-state index in [1.54, 1.807) is 25.4 Å². The van der Waals surface area contributed by atoms with Crippen molar-refractivity contribution in [3.05, 3.63) is 41.1 Å². The van der Waals surface area contributed by atoms with Crippen molar-refractivity contribution in [3.63, 3.8) is 0 Å². The second kappa shape index (κ2) is 22.2. The number of nitrogens with zero attached hydrogens (tertiary/aromatic N) is 2. The highest BCUT2D eigenvalue weighted by Gasteiger charge is 2.13. The summed E-state index contributed by atoms with van der Waals surface area (Å²) in [5.41, 5.74) is 14.4. The highest BCUT2D eigenvalue weighted by atomic mass is 16.4. The second-order valence-electron chi connectivity index (χ2n) is 7.18. The Morgan fingerprint density at radius 1 is 1.29 bits per heavy atom. The highest BCUT2D eigenvalue weighted by molar-refractivity contribution is 5.68. The average molecular weight is 440 g/mol. The molecule has 0 amide bonds. The predicted molar refractivity (Wildman–Crippen MR) is 132 cm³/mol. The van der Waals surface area contributed by atoms with Crippen LogP contribution in [0.25, 0.3) is 5.70 Å². The first-order valence-corrected chi connectivity index (χ1v) is 9.86. The van der Waals surface area contributed by atoms with Gasteiger partial charge in [0, 0.05) is 52.2 Å². The summed E-state index contributed by atoms with van der Waals surface area (Å²) in [4.78, 5) is 0. The van der Waals surface area contributed by atoms with Gasteiger partial charge in [-0.2, -0.15) is 5.26 Å². The van der Waals surface area contributed by atoms with Gasteiger partial charge in [-0.15, -0.1) is 0 Å². The minimum atomic E-state index is 0. The molecule has 0 bridgehead atoms. The first kappa shape index (κ1) is 35.9. The summed E-state index contributed by atoms with van der Waals surface area (Å²) >= 11 is 0. The van der Waals surface area contributed by atoms with Gasteiger partial charge in [0.25, 0.3) is 0 Å². The van der Waals surface area contributed by atoms with E-state index in [0.717, 1.165) is 12.1 Å². The Kier molecular flexibility index (Phi) is 25.7. The lowest BCUT2D eigenvalue weighted by Gasteiger charge is -2.25. The molecule has 0 atom stereocenters. The zero-order valence-corrected chi connectivity index (χ0v) is 20.4. The van der Waals surface area contributed by atoms with Gasteiger partial charge in [-0.3, -0.25) is 0 Å². The van der Waals surface area contributed by atoms with Crippen LogP contribution in [0.15, 0.2) is 24.4 Å². The lowest BCUT2D eigenvalue weighted by Crippen LogP contribution is -2.34. The van der Waals surface area contributed by atoms with Crippen LogP contribution in [-0.2, 0) is 11.3 Å². The van der Waals surface area contributed by atoms with Gasteiger partial charge in [0.1, 0.15) is 0 Å². The molecule has 1 aromatic rings. The Hall–Kier alpha value is -2.48. The molecule has 0 aliphatic rings. The van der Waals surface area contributed by atoms with Gasteiger partial charge in [0.2, 0.25) is 0 Å². The van der Waals surface area contributed by atoms with Gasteiger partial charge in [0.15, 0.2) is 0 Å². The Bertz CT molecular complexity index is 623. The van der Waals surface area contributed by atoms with Crippen molar-refractivity contribution in [2.24, 2.45) is 22.7 Å². The molecule has 0 aliphatic heterocycles. The predicted octanol–water partition coefficient (Wildman–Crippen LogP) is 1.82. The zero-order valence-electron chi connectivity index (χ0n) is 20.4. The molecule has 0 unspecified atom stereocenters. The van der Waals surface area contributed by atoms with Gasteiger partial charge in [-0.05, 0) is 23.8 Å². The van der Waals surface area contributed by atoms with E-state index in [-0.39, 0.29) is 10.9 Å². The van der Waals surface area contributed by atoms with Crippen LogP contribution in [0.3, 0.4) is 0 Å². The van der Waals surface area contributed by atoms with E-state index in [2.05, 4.69) is 43.6 Å². The Labute approximate surface area is 189 Å². The Morgan fingerprint density at radius 3 is 2.23 bits per heavy atom. The number of nitrogens with one attached hydrogen (secondary N) is 2. The van der Waals surface area contributed by atoms with Crippen LogP contribution < -0.4 is 22.6 Å². The van der Waals surface area contributed by atoms with Crippen LogP contribution >= 0.6 is 0 Å². The fourth-order valence-electron chi connectivity index (χ4n) is 2.22. The maximum Gasteiger partial charge on any atom is 0.0998 e. The number of benzene rings is 1. The first-order chi connectivity index (χ1) is 14.2. The molecule has 0 heterocycles. The van der Waals surface area contributed by atoms with E-state index < -0.39 is 0 Å². The van der Waals surface area contributed by atoms with Crippen LogP contribution in [0.1, 0.15) is 51.3 Å². The monoisotopic (exact) mass is 439 g/mol. The van der Waals surface area contributed by atoms with Crippen LogP contribution in [0, 0.1) is 22.2 Å². The number of hydrogen-bond donors (Lipinski definition) is 5. The topological polar surface area (TPSA) is 182 Å². The Balaban J connectivity index is -0.000000407. The van der Waals surface area contributed by atoms with Crippen molar-refractivity contribution in [2.75, 3.05) is 33.9 Å². The van der Waals surface area contributed by atoms with Gasteiger partial charge in [-0.25, -0.2) is 5.84 Å². The van der Waals surface area contributed by atoms with Crippen molar-refractivity contribution in [2.45, 2.75) is 41.2 Å². The molecule has 0 saturated carbocycles. The fourth-order valence-corrected chi connectivity index (χ4v) is 2.22. The summed E-state index contributed by atoms with van der Waals surface area (Å²) in [6, 6.07) is 7.84. The molecule has 1 rings (SSSR count). The van der Waals surface area contributed by atoms with Crippen molar-refractivity contribution in [1.82, 2.24) is 10.3 Å². The number of methoxy groups -OCH3 is 1. The molecule has 10 N–H and O–H groups in total.